The predicted molar refractivity (Wildman–Crippen MR) is 223 cm³/mol. The fourth-order valence-electron chi connectivity index (χ4n) is 8.38. The minimum absolute atomic E-state index is 1.11. The first-order valence-electron chi connectivity index (χ1n) is 18.2. The van der Waals surface area contributed by atoms with E-state index in [1.54, 1.807) is 0 Å². The van der Waals surface area contributed by atoms with Crippen molar-refractivity contribution in [2.45, 2.75) is 0 Å². The molecule has 0 radical (unpaired) electrons. The van der Waals surface area contributed by atoms with Crippen LogP contribution in [0.25, 0.3) is 77.3 Å². The van der Waals surface area contributed by atoms with E-state index in [2.05, 4.69) is 214 Å². The third kappa shape index (κ3) is 4.61. The van der Waals surface area contributed by atoms with Crippen LogP contribution in [0.4, 0.5) is 17.1 Å². The molecule has 0 aliphatic heterocycles. The van der Waals surface area contributed by atoms with Gasteiger partial charge in [-0.1, -0.05) is 133 Å². The summed E-state index contributed by atoms with van der Waals surface area (Å²) in [5, 5.41) is 3.89. The van der Waals surface area contributed by atoms with Crippen LogP contribution in [0.2, 0.25) is 0 Å². The van der Waals surface area contributed by atoms with E-state index in [1.165, 1.54) is 77.3 Å². The lowest BCUT2D eigenvalue weighted by Gasteiger charge is -2.26. The minimum Gasteiger partial charge on any atom is -0.311 e. The number of fused-ring (bicyclic) bond motifs is 9. The molecule has 0 atom stereocenters. The lowest BCUT2D eigenvalue weighted by Crippen LogP contribution is -2.09. The van der Waals surface area contributed by atoms with Crippen molar-refractivity contribution in [2.75, 3.05) is 4.90 Å². The van der Waals surface area contributed by atoms with E-state index in [-0.39, 0.29) is 0 Å². The maximum atomic E-state index is 2.44. The standard InChI is InChI=1S/C50H33N3/c1-3-11-34(12-4-1)36-19-26-40(27-20-36)51(41-28-21-37(22-29-41)35-13-5-2-6-14-35)42-30-23-38(24-31-42)39-25-32-46-44(33-39)49-43-15-7-8-16-45(43)52-47-17-9-10-18-48(47)53(46)50(49)52/h1-33H. The number of hydrogen-bond acceptors (Lipinski definition) is 1. The van der Waals surface area contributed by atoms with Crippen molar-refractivity contribution >= 4 is 60.9 Å². The van der Waals surface area contributed by atoms with Crippen molar-refractivity contribution < 1.29 is 0 Å². The topological polar surface area (TPSA) is 12.1 Å². The third-order valence-corrected chi connectivity index (χ3v) is 10.9. The Hall–Kier alpha value is -7.10. The quantitative estimate of drug-likeness (QED) is 0.171. The average Bonchev–Trinajstić information content (AvgIpc) is 3.87. The zero-order valence-corrected chi connectivity index (χ0v) is 28.9. The summed E-state index contributed by atoms with van der Waals surface area (Å²) in [7, 11) is 0. The minimum atomic E-state index is 1.11. The molecule has 0 amide bonds. The molecule has 11 rings (SSSR count). The van der Waals surface area contributed by atoms with E-state index in [4.69, 9.17) is 0 Å². The van der Waals surface area contributed by atoms with E-state index < -0.39 is 0 Å². The second-order valence-electron chi connectivity index (χ2n) is 13.8. The molecule has 0 N–H and O–H groups in total. The van der Waals surface area contributed by atoms with Gasteiger partial charge in [-0.25, -0.2) is 0 Å². The largest absolute Gasteiger partial charge is 0.311 e. The van der Waals surface area contributed by atoms with Gasteiger partial charge in [0, 0.05) is 33.2 Å². The first-order valence-corrected chi connectivity index (χ1v) is 18.2. The molecule has 3 aromatic heterocycles. The van der Waals surface area contributed by atoms with Crippen molar-refractivity contribution in [3.63, 3.8) is 0 Å². The molecule has 0 aliphatic carbocycles. The summed E-state index contributed by atoms with van der Waals surface area (Å²) in [6.07, 6.45) is 0. The Morgan fingerprint density at radius 1 is 0.283 bits per heavy atom. The number of anilines is 3. The Morgan fingerprint density at radius 2 is 0.660 bits per heavy atom. The second-order valence-corrected chi connectivity index (χ2v) is 13.8. The van der Waals surface area contributed by atoms with Crippen LogP contribution >= 0.6 is 0 Å². The summed E-state index contributed by atoms with van der Waals surface area (Å²) in [5.41, 5.74) is 16.8. The summed E-state index contributed by atoms with van der Waals surface area (Å²) in [6, 6.07) is 72.4. The van der Waals surface area contributed by atoms with E-state index in [1.807, 2.05) is 0 Å². The fraction of sp³-hybridized carbons (Fsp3) is 0. The highest BCUT2D eigenvalue weighted by atomic mass is 15.1. The Bertz CT molecular complexity index is 2970. The van der Waals surface area contributed by atoms with Crippen LogP contribution in [0, 0.1) is 0 Å². The summed E-state index contributed by atoms with van der Waals surface area (Å²) in [4.78, 5) is 2.35. The van der Waals surface area contributed by atoms with Crippen molar-refractivity contribution in [1.82, 2.24) is 8.80 Å². The van der Waals surface area contributed by atoms with Crippen molar-refractivity contribution in [2.24, 2.45) is 0 Å². The van der Waals surface area contributed by atoms with E-state index in [0.29, 0.717) is 0 Å². The summed E-state index contributed by atoms with van der Waals surface area (Å²) < 4.78 is 4.87. The SMILES string of the molecule is c1ccc(-c2ccc(N(c3ccc(-c4ccccc4)cc3)c3ccc(-c4ccc5c(c4)c4c6ccccc6n6c7ccccc7n5c46)cc3)cc2)cc1. The third-order valence-electron chi connectivity index (χ3n) is 10.9. The van der Waals surface area contributed by atoms with Crippen molar-refractivity contribution in [1.29, 1.82) is 0 Å². The normalized spacial score (nSPS) is 11.8. The van der Waals surface area contributed by atoms with Gasteiger partial charge in [0.15, 0.2) is 0 Å². The molecule has 3 heteroatoms. The molecule has 0 unspecified atom stereocenters. The average molecular weight is 676 g/mol. The molecule has 0 saturated heterocycles. The number of nitrogens with zero attached hydrogens (tertiary/aromatic N) is 3. The lowest BCUT2D eigenvalue weighted by atomic mass is 10.0. The van der Waals surface area contributed by atoms with Crippen LogP contribution in [-0.2, 0) is 0 Å². The zero-order valence-electron chi connectivity index (χ0n) is 28.9. The molecule has 0 aliphatic rings. The Morgan fingerprint density at radius 3 is 1.17 bits per heavy atom. The van der Waals surface area contributed by atoms with Crippen LogP contribution in [0.15, 0.2) is 200 Å². The summed E-state index contributed by atoms with van der Waals surface area (Å²) in [6.45, 7) is 0. The fourth-order valence-corrected chi connectivity index (χ4v) is 8.38. The monoisotopic (exact) mass is 675 g/mol. The molecule has 11 aromatic rings. The lowest BCUT2D eigenvalue weighted by molar-refractivity contribution is 1.28. The van der Waals surface area contributed by atoms with E-state index in [0.717, 1.165) is 17.1 Å². The Balaban J connectivity index is 1.01. The molecule has 8 aromatic carbocycles. The van der Waals surface area contributed by atoms with Gasteiger partial charge >= 0.3 is 0 Å². The Kier molecular flexibility index (Phi) is 6.55. The highest BCUT2D eigenvalue weighted by Crippen LogP contribution is 2.43. The number of para-hydroxylation sites is 3. The van der Waals surface area contributed by atoms with Crippen LogP contribution < -0.4 is 4.90 Å². The first kappa shape index (κ1) is 29.6. The molecule has 3 heterocycles. The van der Waals surface area contributed by atoms with Crippen LogP contribution in [0.3, 0.4) is 0 Å². The molecule has 0 bridgehead atoms. The van der Waals surface area contributed by atoms with Gasteiger partial charge in [-0.15, -0.1) is 0 Å². The highest BCUT2D eigenvalue weighted by Gasteiger charge is 2.22. The van der Waals surface area contributed by atoms with Crippen molar-refractivity contribution in [3.05, 3.63) is 200 Å². The zero-order chi connectivity index (χ0) is 34.9. The van der Waals surface area contributed by atoms with Gasteiger partial charge in [0.1, 0.15) is 5.65 Å². The number of hydrogen-bond donors (Lipinski definition) is 0. The Labute approximate surface area is 307 Å². The number of benzene rings is 8. The van der Waals surface area contributed by atoms with Crippen LogP contribution in [0.1, 0.15) is 0 Å². The number of aromatic nitrogens is 2. The smallest absolute Gasteiger partial charge is 0.131 e. The highest BCUT2D eigenvalue weighted by molar-refractivity contribution is 6.24. The molecular weight excluding hydrogens is 643 g/mol. The molecule has 3 nitrogen and oxygen atoms in total. The molecule has 0 saturated carbocycles. The van der Waals surface area contributed by atoms with Crippen molar-refractivity contribution in [3.8, 4) is 33.4 Å². The number of rotatable bonds is 6. The van der Waals surface area contributed by atoms with Crippen LogP contribution in [0.5, 0.6) is 0 Å². The number of imidazole rings is 1. The molecule has 53 heavy (non-hydrogen) atoms. The first-order chi connectivity index (χ1) is 26.3. The molecule has 248 valence electrons. The molecule has 0 spiro atoms. The van der Waals surface area contributed by atoms with E-state index in [9.17, 15) is 0 Å². The summed E-state index contributed by atoms with van der Waals surface area (Å²) >= 11 is 0. The summed E-state index contributed by atoms with van der Waals surface area (Å²) in [5.74, 6) is 0. The molecular formula is C50H33N3. The van der Waals surface area contributed by atoms with Gasteiger partial charge < -0.3 is 4.90 Å². The predicted octanol–water partition coefficient (Wildman–Crippen LogP) is 13.6. The van der Waals surface area contributed by atoms with Gasteiger partial charge in [-0.05, 0) is 100 Å². The van der Waals surface area contributed by atoms with Gasteiger partial charge in [0.05, 0.1) is 22.1 Å². The van der Waals surface area contributed by atoms with Gasteiger partial charge in [-0.3, -0.25) is 8.80 Å². The van der Waals surface area contributed by atoms with Crippen LogP contribution in [-0.4, -0.2) is 8.80 Å². The second kappa shape index (κ2) is 11.7. The van der Waals surface area contributed by atoms with Gasteiger partial charge in [0.2, 0.25) is 0 Å². The van der Waals surface area contributed by atoms with Gasteiger partial charge in [-0.2, -0.15) is 0 Å². The maximum absolute atomic E-state index is 2.44. The molecule has 0 fully saturated rings. The van der Waals surface area contributed by atoms with Gasteiger partial charge in [0.25, 0.3) is 0 Å². The maximum Gasteiger partial charge on any atom is 0.131 e. The van der Waals surface area contributed by atoms with E-state index >= 15 is 0 Å².